The minimum absolute atomic E-state index is 0.263. The van der Waals surface area contributed by atoms with Crippen molar-refractivity contribution in [2.24, 2.45) is 5.92 Å². The Kier molecular flexibility index (Phi) is 6.50. The molecular formula is C16H21NO3. The number of nitrogens with zero attached hydrogens (tertiary/aromatic N) is 1. The van der Waals surface area contributed by atoms with Crippen molar-refractivity contribution in [2.45, 2.75) is 32.9 Å². The maximum Gasteiger partial charge on any atom is 0.326 e. The molecule has 0 unspecified atom stereocenters. The molecule has 1 aromatic rings. The van der Waals surface area contributed by atoms with Crippen molar-refractivity contribution in [1.29, 1.82) is 0 Å². The van der Waals surface area contributed by atoms with E-state index in [0.717, 1.165) is 5.56 Å². The molecule has 108 valence electrons. The average Bonchev–Trinajstić information content (AvgIpc) is 2.41. The van der Waals surface area contributed by atoms with E-state index in [4.69, 9.17) is 0 Å². The molecule has 1 atom stereocenters. The molecule has 4 heteroatoms. The summed E-state index contributed by atoms with van der Waals surface area (Å²) in [5.41, 5.74) is 1.01. The van der Waals surface area contributed by atoms with Crippen molar-refractivity contribution >= 4 is 12.3 Å². The Morgan fingerprint density at radius 2 is 1.95 bits per heavy atom. The van der Waals surface area contributed by atoms with E-state index in [9.17, 15) is 14.7 Å². The number of hydrogen-bond donors (Lipinski definition) is 1. The van der Waals surface area contributed by atoms with Crippen molar-refractivity contribution in [3.8, 4) is 0 Å². The van der Waals surface area contributed by atoms with Crippen LogP contribution in [0.5, 0.6) is 0 Å². The fourth-order valence-corrected chi connectivity index (χ4v) is 2.03. The lowest BCUT2D eigenvalue weighted by atomic mass is 10.0. The maximum absolute atomic E-state index is 11.5. The molecule has 0 amide bonds. The Balaban J connectivity index is 2.93. The monoisotopic (exact) mass is 275 g/mol. The third-order valence-corrected chi connectivity index (χ3v) is 2.94. The third kappa shape index (κ3) is 5.26. The number of hydrogen-bond acceptors (Lipinski definition) is 3. The largest absolute Gasteiger partial charge is 0.480 e. The summed E-state index contributed by atoms with van der Waals surface area (Å²) >= 11 is 0. The van der Waals surface area contributed by atoms with Crippen LogP contribution in [0.2, 0.25) is 0 Å². The number of carbonyl (C=O) groups is 2. The summed E-state index contributed by atoms with van der Waals surface area (Å²) in [5, 5.41) is 9.41. The number of aldehydes is 1. The van der Waals surface area contributed by atoms with Crippen LogP contribution in [0.3, 0.4) is 0 Å². The number of benzene rings is 1. The van der Waals surface area contributed by atoms with E-state index in [2.05, 4.69) is 0 Å². The number of carboxylic acids is 1. The number of rotatable bonds is 8. The zero-order valence-electron chi connectivity index (χ0n) is 11.9. The molecule has 0 aliphatic rings. The van der Waals surface area contributed by atoms with E-state index < -0.39 is 12.0 Å². The van der Waals surface area contributed by atoms with Crippen molar-refractivity contribution < 1.29 is 14.7 Å². The van der Waals surface area contributed by atoms with E-state index in [0.29, 0.717) is 19.3 Å². The number of carbonyl (C=O) groups excluding carboxylic acids is 1. The predicted molar refractivity (Wildman–Crippen MR) is 78.1 cm³/mol. The van der Waals surface area contributed by atoms with Gasteiger partial charge in [0.05, 0.1) is 0 Å². The standard InChI is InChI=1S/C16H21NO3/c1-13(2)11-15(16(19)20)17(9-6-10-18)12-14-7-4-3-5-8-14/h3-10,13,15H,11-12H2,1-2H3,(H,19,20)/b9-6+/t15-/m0/s1. The van der Waals surface area contributed by atoms with Crippen LogP contribution in [0, 0.1) is 5.92 Å². The highest BCUT2D eigenvalue weighted by Gasteiger charge is 2.24. The summed E-state index contributed by atoms with van der Waals surface area (Å²) in [7, 11) is 0. The summed E-state index contributed by atoms with van der Waals surface area (Å²) in [6.45, 7) is 4.44. The quantitative estimate of drug-likeness (QED) is 0.585. The van der Waals surface area contributed by atoms with Crippen LogP contribution in [-0.4, -0.2) is 28.3 Å². The van der Waals surface area contributed by atoms with Gasteiger partial charge in [-0.05, 0) is 24.0 Å². The maximum atomic E-state index is 11.5. The third-order valence-electron chi connectivity index (χ3n) is 2.94. The lowest BCUT2D eigenvalue weighted by molar-refractivity contribution is -0.143. The second-order valence-corrected chi connectivity index (χ2v) is 5.12. The first-order valence-electron chi connectivity index (χ1n) is 6.69. The molecule has 0 bridgehead atoms. The normalized spacial score (nSPS) is 12.6. The van der Waals surface area contributed by atoms with Crippen LogP contribution in [0.25, 0.3) is 0 Å². The predicted octanol–water partition coefficient (Wildman–Crippen LogP) is 2.70. The van der Waals surface area contributed by atoms with Gasteiger partial charge in [0.1, 0.15) is 12.3 Å². The lowest BCUT2D eigenvalue weighted by Crippen LogP contribution is -2.38. The minimum atomic E-state index is -0.870. The Labute approximate surface area is 119 Å². The van der Waals surface area contributed by atoms with Crippen molar-refractivity contribution in [2.75, 3.05) is 0 Å². The molecule has 0 fully saturated rings. The SMILES string of the molecule is CC(C)C[C@@H](C(=O)O)N(/C=C/C=O)Cc1ccccc1. The van der Waals surface area contributed by atoms with Gasteiger partial charge in [-0.2, -0.15) is 0 Å². The molecule has 0 saturated carbocycles. The van der Waals surface area contributed by atoms with Crippen LogP contribution in [0.15, 0.2) is 42.6 Å². The zero-order valence-corrected chi connectivity index (χ0v) is 11.9. The molecule has 20 heavy (non-hydrogen) atoms. The van der Waals surface area contributed by atoms with Gasteiger partial charge in [-0.15, -0.1) is 0 Å². The lowest BCUT2D eigenvalue weighted by Gasteiger charge is -2.28. The molecular weight excluding hydrogens is 254 g/mol. The van der Waals surface area contributed by atoms with Crippen molar-refractivity contribution in [3.63, 3.8) is 0 Å². The topological polar surface area (TPSA) is 57.6 Å². The van der Waals surface area contributed by atoms with Gasteiger partial charge < -0.3 is 10.0 Å². The van der Waals surface area contributed by atoms with Gasteiger partial charge in [0, 0.05) is 12.7 Å². The van der Waals surface area contributed by atoms with Gasteiger partial charge in [-0.1, -0.05) is 44.2 Å². The highest BCUT2D eigenvalue weighted by atomic mass is 16.4. The van der Waals surface area contributed by atoms with E-state index in [-0.39, 0.29) is 5.92 Å². The Morgan fingerprint density at radius 3 is 2.45 bits per heavy atom. The van der Waals surface area contributed by atoms with Gasteiger partial charge >= 0.3 is 5.97 Å². The van der Waals surface area contributed by atoms with Crippen LogP contribution < -0.4 is 0 Å². The van der Waals surface area contributed by atoms with Crippen LogP contribution in [-0.2, 0) is 16.1 Å². The molecule has 1 rings (SSSR count). The summed E-state index contributed by atoms with van der Waals surface area (Å²) in [4.78, 5) is 23.7. The van der Waals surface area contributed by atoms with Crippen molar-refractivity contribution in [3.05, 3.63) is 48.2 Å². The molecule has 0 radical (unpaired) electrons. The number of aliphatic carboxylic acids is 1. The number of allylic oxidation sites excluding steroid dienone is 1. The van der Waals surface area contributed by atoms with Gasteiger partial charge in [-0.3, -0.25) is 4.79 Å². The Bertz CT molecular complexity index is 454. The first kappa shape index (κ1) is 16.0. The Morgan fingerprint density at radius 1 is 1.30 bits per heavy atom. The Hall–Kier alpha value is -2.10. The molecule has 0 aliphatic heterocycles. The van der Waals surface area contributed by atoms with Gasteiger partial charge in [0.25, 0.3) is 0 Å². The van der Waals surface area contributed by atoms with Gasteiger partial charge in [0.2, 0.25) is 0 Å². The summed E-state index contributed by atoms with van der Waals surface area (Å²) in [6.07, 6.45) is 4.08. The smallest absolute Gasteiger partial charge is 0.326 e. The van der Waals surface area contributed by atoms with Gasteiger partial charge in [-0.25, -0.2) is 4.79 Å². The highest BCUT2D eigenvalue weighted by molar-refractivity contribution is 5.74. The second kappa shape index (κ2) is 8.15. The number of carboxylic acid groups (broad SMARTS) is 1. The first-order valence-corrected chi connectivity index (χ1v) is 6.69. The van der Waals surface area contributed by atoms with Crippen molar-refractivity contribution in [1.82, 2.24) is 4.90 Å². The average molecular weight is 275 g/mol. The molecule has 0 aromatic heterocycles. The summed E-state index contributed by atoms with van der Waals surface area (Å²) in [5.74, 6) is -0.607. The van der Waals surface area contributed by atoms with Gasteiger partial charge in [0.15, 0.2) is 0 Å². The molecule has 1 aromatic carbocycles. The molecule has 0 saturated heterocycles. The van der Waals surface area contributed by atoms with Crippen LogP contribution in [0.1, 0.15) is 25.8 Å². The van der Waals surface area contributed by atoms with E-state index in [1.165, 1.54) is 6.08 Å². The second-order valence-electron chi connectivity index (χ2n) is 5.12. The van der Waals surface area contributed by atoms with E-state index >= 15 is 0 Å². The first-order chi connectivity index (χ1) is 9.54. The molecule has 0 heterocycles. The fraction of sp³-hybridized carbons (Fsp3) is 0.375. The van der Waals surface area contributed by atoms with Crippen LogP contribution in [0.4, 0.5) is 0 Å². The van der Waals surface area contributed by atoms with E-state index in [1.807, 2.05) is 44.2 Å². The summed E-state index contributed by atoms with van der Waals surface area (Å²) < 4.78 is 0. The fourth-order valence-electron chi connectivity index (χ4n) is 2.03. The van der Waals surface area contributed by atoms with E-state index in [1.54, 1.807) is 11.1 Å². The molecule has 4 nitrogen and oxygen atoms in total. The van der Waals surface area contributed by atoms with Crippen LogP contribution >= 0.6 is 0 Å². The molecule has 0 aliphatic carbocycles. The minimum Gasteiger partial charge on any atom is -0.480 e. The highest BCUT2D eigenvalue weighted by Crippen LogP contribution is 2.16. The summed E-state index contributed by atoms with van der Waals surface area (Å²) in [6, 6.07) is 8.99. The molecule has 0 spiro atoms. The zero-order chi connectivity index (χ0) is 15.0. The molecule has 1 N–H and O–H groups in total.